The van der Waals surface area contributed by atoms with Crippen LogP contribution in [-0.4, -0.2) is 45.5 Å². The number of Topliss-reactive ketones (excluding diaryl/α,β-unsaturated/α-hetero) is 1. The first-order valence-corrected chi connectivity index (χ1v) is 13.2. The third-order valence-corrected chi connectivity index (χ3v) is 6.66. The van der Waals surface area contributed by atoms with Gasteiger partial charge >= 0.3 is 0 Å². The highest BCUT2D eigenvalue weighted by Crippen LogP contribution is 2.28. The minimum absolute atomic E-state index is 0.0101. The van der Waals surface area contributed by atoms with E-state index in [-0.39, 0.29) is 11.5 Å². The number of hydrogen-bond acceptors (Lipinski definition) is 5. The summed E-state index contributed by atoms with van der Waals surface area (Å²) in [6.07, 6.45) is 11.9. The second kappa shape index (κ2) is 16.6. The Morgan fingerprint density at radius 1 is 1.06 bits per heavy atom. The minimum atomic E-state index is -0.829. The fraction of sp³-hybridized carbons (Fsp3) is 0.345. The molecular formula is C29H38O3S2. The molecule has 0 amide bonds. The van der Waals surface area contributed by atoms with Crippen LogP contribution in [0, 0.1) is 0 Å². The smallest absolute Gasteiger partial charge is 0.174 e. The normalized spacial score (nSPS) is 16.1. The van der Waals surface area contributed by atoms with Gasteiger partial charge in [-0.1, -0.05) is 85.0 Å². The van der Waals surface area contributed by atoms with Crippen molar-refractivity contribution >= 4 is 30.2 Å². The van der Waals surface area contributed by atoms with Gasteiger partial charge in [0.25, 0.3) is 0 Å². The number of thiol groups is 1. The lowest BCUT2D eigenvalue weighted by atomic mass is 9.85. The van der Waals surface area contributed by atoms with E-state index in [2.05, 4.69) is 19.2 Å². The van der Waals surface area contributed by atoms with Crippen molar-refractivity contribution in [1.29, 1.82) is 0 Å². The maximum Gasteiger partial charge on any atom is 0.174 e. The number of carbonyl (C=O) groups is 1. The van der Waals surface area contributed by atoms with Crippen molar-refractivity contribution < 1.29 is 15.0 Å². The van der Waals surface area contributed by atoms with E-state index in [0.29, 0.717) is 17.1 Å². The zero-order valence-corrected chi connectivity index (χ0v) is 22.4. The molecule has 1 rings (SSSR count). The van der Waals surface area contributed by atoms with E-state index in [1.807, 2.05) is 101 Å². The number of hydrogen-bond donors (Lipinski definition) is 3. The Morgan fingerprint density at radius 2 is 1.71 bits per heavy atom. The summed E-state index contributed by atoms with van der Waals surface area (Å²) in [5.41, 5.74) is 4.23. The molecule has 0 aliphatic rings. The summed E-state index contributed by atoms with van der Waals surface area (Å²) in [6, 6.07) is 9.76. The van der Waals surface area contributed by atoms with Gasteiger partial charge in [-0.05, 0) is 44.4 Å². The van der Waals surface area contributed by atoms with Crippen LogP contribution in [0.2, 0.25) is 0 Å². The SMILES string of the molecule is C=C(C)/C(C(=O)C(/C=C/C=C\C=C/C)c1ccccc1)=C(C)\C=C(/C)CSCC(O)C(O)CS. The van der Waals surface area contributed by atoms with Gasteiger partial charge in [0.05, 0.1) is 18.1 Å². The first-order chi connectivity index (χ1) is 16.2. The summed E-state index contributed by atoms with van der Waals surface area (Å²) in [7, 11) is 0. The Morgan fingerprint density at radius 3 is 2.29 bits per heavy atom. The van der Waals surface area contributed by atoms with Crippen LogP contribution in [0.25, 0.3) is 0 Å². The largest absolute Gasteiger partial charge is 0.390 e. The standard InChI is InChI=1S/C29H38O3S2/c1-6-7-8-9-13-16-25(24-14-11-10-12-15-24)29(32)28(21(2)3)23(5)17-22(4)19-34-20-27(31)26(30)18-33/h6-17,25-27,30-31,33H,2,18-20H2,1,3-5H3/b7-6-,9-8-,16-13+,22-17+,28-23+. The molecule has 0 bridgehead atoms. The van der Waals surface area contributed by atoms with Crippen molar-refractivity contribution in [1.82, 2.24) is 0 Å². The molecule has 3 unspecified atom stereocenters. The molecular weight excluding hydrogens is 460 g/mol. The van der Waals surface area contributed by atoms with Gasteiger partial charge in [-0.3, -0.25) is 4.79 Å². The molecule has 184 valence electrons. The van der Waals surface area contributed by atoms with Gasteiger partial charge in [-0.15, -0.1) is 0 Å². The zero-order chi connectivity index (χ0) is 25.5. The van der Waals surface area contributed by atoms with E-state index in [1.54, 1.807) is 0 Å². The fourth-order valence-corrected chi connectivity index (χ4v) is 4.61. The van der Waals surface area contributed by atoms with Crippen LogP contribution >= 0.6 is 24.4 Å². The summed E-state index contributed by atoms with van der Waals surface area (Å²) < 4.78 is 0. The Hall–Kier alpha value is -2.05. The highest BCUT2D eigenvalue weighted by atomic mass is 32.2. The van der Waals surface area contributed by atoms with Gasteiger partial charge in [0.2, 0.25) is 0 Å². The van der Waals surface area contributed by atoms with Crippen LogP contribution in [0.1, 0.15) is 39.2 Å². The van der Waals surface area contributed by atoms with E-state index < -0.39 is 18.1 Å². The molecule has 0 spiro atoms. The van der Waals surface area contributed by atoms with Crippen LogP contribution in [0.15, 0.2) is 102 Å². The summed E-state index contributed by atoms with van der Waals surface area (Å²) in [5.74, 6) is 0.923. The third kappa shape index (κ3) is 10.5. The quantitative estimate of drug-likeness (QED) is 0.161. The molecule has 1 aromatic rings. The Labute approximate surface area is 215 Å². The van der Waals surface area contributed by atoms with Gasteiger partial charge in [0.15, 0.2) is 5.78 Å². The highest BCUT2D eigenvalue weighted by Gasteiger charge is 2.23. The van der Waals surface area contributed by atoms with Crippen LogP contribution in [0.4, 0.5) is 0 Å². The molecule has 0 aliphatic heterocycles. The number of aliphatic hydroxyl groups is 2. The van der Waals surface area contributed by atoms with E-state index in [1.165, 1.54) is 11.8 Å². The Balaban J connectivity index is 3.17. The van der Waals surface area contributed by atoms with Crippen LogP contribution in [0.3, 0.4) is 0 Å². The van der Waals surface area contributed by atoms with Crippen molar-refractivity contribution in [3.05, 3.63) is 107 Å². The predicted octanol–water partition coefficient (Wildman–Crippen LogP) is 6.25. The van der Waals surface area contributed by atoms with Gasteiger partial charge in [0, 0.05) is 22.8 Å². The molecule has 0 aliphatic carbocycles. The van der Waals surface area contributed by atoms with E-state index >= 15 is 0 Å². The summed E-state index contributed by atoms with van der Waals surface area (Å²) in [4.78, 5) is 13.7. The first-order valence-electron chi connectivity index (χ1n) is 11.4. The molecule has 0 saturated carbocycles. The van der Waals surface area contributed by atoms with Crippen molar-refractivity contribution in [3.63, 3.8) is 0 Å². The Bertz CT molecular complexity index is 939. The van der Waals surface area contributed by atoms with Gasteiger partial charge < -0.3 is 10.2 Å². The number of carbonyl (C=O) groups excluding carboxylic acids is 1. The second-order valence-corrected chi connectivity index (χ2v) is 9.61. The molecule has 3 nitrogen and oxygen atoms in total. The number of aliphatic hydroxyl groups excluding tert-OH is 2. The molecule has 5 heteroatoms. The average molecular weight is 499 g/mol. The van der Waals surface area contributed by atoms with Crippen molar-refractivity contribution in [2.24, 2.45) is 0 Å². The molecule has 1 aromatic carbocycles. The van der Waals surface area contributed by atoms with Crippen LogP contribution in [-0.2, 0) is 4.79 Å². The molecule has 34 heavy (non-hydrogen) atoms. The Kier molecular flexibility index (Phi) is 14.6. The maximum atomic E-state index is 13.7. The molecule has 3 atom stereocenters. The summed E-state index contributed by atoms with van der Waals surface area (Å²) in [5, 5.41) is 19.6. The third-order valence-electron chi connectivity index (χ3n) is 5.05. The number of benzene rings is 1. The van der Waals surface area contributed by atoms with E-state index in [4.69, 9.17) is 0 Å². The number of allylic oxidation sites excluding steroid dienone is 10. The average Bonchev–Trinajstić information content (AvgIpc) is 2.80. The fourth-order valence-electron chi connectivity index (χ4n) is 3.38. The number of thioether (sulfide) groups is 1. The molecule has 0 aromatic heterocycles. The van der Waals surface area contributed by atoms with Crippen LogP contribution < -0.4 is 0 Å². The predicted molar refractivity (Wildman–Crippen MR) is 152 cm³/mol. The number of rotatable bonds is 14. The van der Waals surface area contributed by atoms with Crippen molar-refractivity contribution in [2.75, 3.05) is 17.3 Å². The molecule has 0 saturated heterocycles. The van der Waals surface area contributed by atoms with Crippen LogP contribution in [0.5, 0.6) is 0 Å². The monoisotopic (exact) mass is 498 g/mol. The maximum absolute atomic E-state index is 13.7. The zero-order valence-electron chi connectivity index (χ0n) is 20.6. The second-order valence-electron chi connectivity index (χ2n) is 8.21. The topological polar surface area (TPSA) is 57.5 Å². The van der Waals surface area contributed by atoms with Gasteiger partial charge in [-0.2, -0.15) is 24.4 Å². The van der Waals surface area contributed by atoms with Crippen molar-refractivity contribution in [3.8, 4) is 0 Å². The number of ketones is 1. The lowest BCUT2D eigenvalue weighted by molar-refractivity contribution is -0.115. The van der Waals surface area contributed by atoms with E-state index in [9.17, 15) is 15.0 Å². The van der Waals surface area contributed by atoms with Gasteiger partial charge in [0.1, 0.15) is 0 Å². The highest BCUT2D eigenvalue weighted by molar-refractivity contribution is 7.99. The lowest BCUT2D eigenvalue weighted by Crippen LogP contribution is -2.29. The van der Waals surface area contributed by atoms with Gasteiger partial charge in [-0.25, -0.2) is 0 Å². The molecule has 0 fully saturated rings. The molecule has 0 radical (unpaired) electrons. The molecule has 2 N–H and O–H groups in total. The first kappa shape index (κ1) is 30.0. The lowest BCUT2D eigenvalue weighted by Gasteiger charge is -2.17. The van der Waals surface area contributed by atoms with Crippen molar-refractivity contribution in [2.45, 2.75) is 45.8 Å². The minimum Gasteiger partial charge on any atom is -0.390 e. The van der Waals surface area contributed by atoms with E-state index in [0.717, 1.165) is 22.3 Å². The molecule has 0 heterocycles. The summed E-state index contributed by atoms with van der Waals surface area (Å²) >= 11 is 5.55. The summed E-state index contributed by atoms with van der Waals surface area (Å²) in [6.45, 7) is 11.8.